The highest BCUT2D eigenvalue weighted by Gasteiger charge is 2.27. The average Bonchev–Trinajstić information content (AvgIpc) is 3.17. The first-order valence-electron chi connectivity index (χ1n) is 11.3. The number of piperazine rings is 1. The van der Waals surface area contributed by atoms with Crippen molar-refractivity contribution in [3.63, 3.8) is 0 Å². The third-order valence-corrected chi connectivity index (χ3v) is 5.99. The lowest BCUT2D eigenvalue weighted by molar-refractivity contribution is -0.117. The molecule has 1 aliphatic rings. The van der Waals surface area contributed by atoms with Crippen LogP contribution < -0.4 is 15.0 Å². The lowest BCUT2D eigenvalue weighted by atomic mass is 10.1. The monoisotopic (exact) mass is 468 g/mol. The summed E-state index contributed by atoms with van der Waals surface area (Å²) in [5.41, 5.74) is 2.00. The molecule has 34 heavy (non-hydrogen) atoms. The molecule has 0 aliphatic carbocycles. The molecule has 3 aromatic rings. The predicted molar refractivity (Wildman–Crippen MR) is 129 cm³/mol. The highest BCUT2D eigenvalue weighted by atomic mass is 19.1. The highest BCUT2D eigenvalue weighted by Crippen LogP contribution is 2.29. The molecule has 0 bridgehead atoms. The van der Waals surface area contributed by atoms with Crippen molar-refractivity contribution in [2.45, 2.75) is 19.9 Å². The Labute approximate surface area is 197 Å². The number of nitrogens with one attached hydrogen (secondary N) is 2. The minimum absolute atomic E-state index is 0.105. The maximum Gasteiger partial charge on any atom is 0.356 e. The first-order chi connectivity index (χ1) is 16.4. The van der Waals surface area contributed by atoms with Crippen LogP contribution in [0.3, 0.4) is 0 Å². The fourth-order valence-corrected chi connectivity index (χ4v) is 4.37. The number of aromatic amines is 1. The van der Waals surface area contributed by atoms with Gasteiger partial charge in [0.2, 0.25) is 5.91 Å². The summed E-state index contributed by atoms with van der Waals surface area (Å²) in [5, 5.41) is 3.24. The fraction of sp³-hybridized carbons (Fsp3) is 0.360. The molecule has 9 heteroatoms. The maximum atomic E-state index is 13.9. The SMILES string of the molecule is CCOC(=O)c1[nH]c2ccc(F)cc2c1NC(=O)CN1CCN(c2ccc(OC)cc2)[C@@H](C)C1. The molecular weight excluding hydrogens is 439 g/mol. The van der Waals surface area contributed by atoms with Gasteiger partial charge in [-0.05, 0) is 56.3 Å². The van der Waals surface area contributed by atoms with Gasteiger partial charge in [0.1, 0.15) is 17.3 Å². The Hall–Kier alpha value is -3.59. The molecule has 1 fully saturated rings. The first kappa shape index (κ1) is 23.6. The van der Waals surface area contributed by atoms with Crippen LogP contribution in [-0.2, 0) is 9.53 Å². The van der Waals surface area contributed by atoms with Gasteiger partial charge >= 0.3 is 5.97 Å². The molecule has 0 unspecified atom stereocenters. The van der Waals surface area contributed by atoms with Gasteiger partial charge in [-0.1, -0.05) is 0 Å². The summed E-state index contributed by atoms with van der Waals surface area (Å²) in [4.78, 5) is 32.7. The number of benzene rings is 2. The van der Waals surface area contributed by atoms with Gasteiger partial charge in [0, 0.05) is 42.3 Å². The van der Waals surface area contributed by atoms with E-state index in [0.717, 1.165) is 18.0 Å². The van der Waals surface area contributed by atoms with E-state index >= 15 is 0 Å². The molecule has 1 saturated heterocycles. The topological polar surface area (TPSA) is 86.9 Å². The molecule has 1 aliphatic heterocycles. The van der Waals surface area contributed by atoms with E-state index in [1.807, 2.05) is 24.3 Å². The van der Waals surface area contributed by atoms with Gasteiger partial charge in [0.25, 0.3) is 0 Å². The number of fused-ring (bicyclic) bond motifs is 1. The number of carbonyl (C=O) groups excluding carboxylic acids is 2. The predicted octanol–water partition coefficient (Wildman–Crippen LogP) is 3.64. The standard InChI is InChI=1S/C25H29FN4O4/c1-4-34-25(32)24-23(20-13-17(26)5-10-21(20)27-24)28-22(31)15-29-11-12-30(16(2)14-29)18-6-8-19(33-3)9-7-18/h5-10,13,16,27H,4,11-12,14-15H2,1-3H3,(H,28,31)/t16-/m0/s1. The molecule has 0 radical (unpaired) electrons. The second-order valence-corrected chi connectivity index (χ2v) is 8.31. The maximum absolute atomic E-state index is 13.9. The number of nitrogens with zero attached hydrogens (tertiary/aromatic N) is 2. The van der Waals surface area contributed by atoms with E-state index in [1.165, 1.54) is 18.2 Å². The molecule has 1 aromatic heterocycles. The number of rotatable bonds is 7. The minimum Gasteiger partial charge on any atom is -0.497 e. The summed E-state index contributed by atoms with van der Waals surface area (Å²) in [6.45, 7) is 6.34. The Morgan fingerprint density at radius 1 is 1.18 bits per heavy atom. The largest absolute Gasteiger partial charge is 0.497 e. The normalized spacial score (nSPS) is 16.5. The van der Waals surface area contributed by atoms with E-state index in [4.69, 9.17) is 9.47 Å². The fourth-order valence-electron chi connectivity index (χ4n) is 4.37. The van der Waals surface area contributed by atoms with Crippen molar-refractivity contribution in [2.24, 2.45) is 0 Å². The molecule has 2 aromatic carbocycles. The Balaban J connectivity index is 1.44. The molecule has 0 spiro atoms. The molecule has 4 rings (SSSR count). The summed E-state index contributed by atoms with van der Waals surface area (Å²) >= 11 is 0. The Kier molecular flexibility index (Phi) is 7.02. The zero-order valence-corrected chi connectivity index (χ0v) is 19.6. The van der Waals surface area contributed by atoms with Crippen LogP contribution in [-0.4, -0.2) is 67.7 Å². The van der Waals surface area contributed by atoms with E-state index in [9.17, 15) is 14.0 Å². The van der Waals surface area contributed by atoms with Crippen LogP contribution in [0.4, 0.5) is 15.8 Å². The summed E-state index contributed by atoms with van der Waals surface area (Å²) in [7, 11) is 1.64. The van der Waals surface area contributed by atoms with E-state index in [1.54, 1.807) is 14.0 Å². The van der Waals surface area contributed by atoms with Crippen LogP contribution >= 0.6 is 0 Å². The average molecular weight is 469 g/mol. The number of carbonyl (C=O) groups is 2. The van der Waals surface area contributed by atoms with E-state index in [0.29, 0.717) is 24.0 Å². The number of amides is 1. The smallest absolute Gasteiger partial charge is 0.356 e. The summed E-state index contributed by atoms with van der Waals surface area (Å²) in [5.74, 6) is -0.524. The van der Waals surface area contributed by atoms with Crippen molar-refractivity contribution in [1.29, 1.82) is 0 Å². The summed E-state index contributed by atoms with van der Waals surface area (Å²) in [6, 6.07) is 12.3. The van der Waals surface area contributed by atoms with Gasteiger partial charge in [-0.3, -0.25) is 9.69 Å². The Morgan fingerprint density at radius 3 is 2.62 bits per heavy atom. The minimum atomic E-state index is -0.601. The van der Waals surface area contributed by atoms with Gasteiger partial charge in [-0.25, -0.2) is 9.18 Å². The van der Waals surface area contributed by atoms with Crippen LogP contribution in [0.15, 0.2) is 42.5 Å². The molecule has 8 nitrogen and oxygen atoms in total. The number of anilines is 2. The van der Waals surface area contributed by atoms with Crippen molar-refractivity contribution in [3.05, 3.63) is 54.0 Å². The van der Waals surface area contributed by atoms with E-state index < -0.39 is 11.8 Å². The first-order valence-corrected chi connectivity index (χ1v) is 11.3. The molecular formula is C25H29FN4O4. The van der Waals surface area contributed by atoms with Crippen LogP contribution in [0, 0.1) is 5.82 Å². The Morgan fingerprint density at radius 2 is 1.94 bits per heavy atom. The molecule has 1 amide bonds. The second-order valence-electron chi connectivity index (χ2n) is 8.31. The van der Waals surface area contributed by atoms with E-state index in [-0.39, 0.29) is 36.5 Å². The molecule has 0 saturated carbocycles. The lowest BCUT2D eigenvalue weighted by Gasteiger charge is -2.41. The summed E-state index contributed by atoms with van der Waals surface area (Å²) < 4.78 is 24.2. The van der Waals surface area contributed by atoms with Gasteiger partial charge in [-0.2, -0.15) is 0 Å². The molecule has 1 atom stereocenters. The molecule has 2 heterocycles. The molecule has 180 valence electrons. The number of halogens is 1. The third kappa shape index (κ3) is 4.99. The number of hydrogen-bond acceptors (Lipinski definition) is 6. The lowest BCUT2D eigenvalue weighted by Crippen LogP contribution is -2.53. The quantitative estimate of drug-likeness (QED) is 0.515. The summed E-state index contributed by atoms with van der Waals surface area (Å²) in [6.07, 6.45) is 0. The second kappa shape index (κ2) is 10.1. The Bertz CT molecular complexity index is 1180. The van der Waals surface area contributed by atoms with Gasteiger partial charge in [-0.15, -0.1) is 0 Å². The third-order valence-electron chi connectivity index (χ3n) is 5.99. The van der Waals surface area contributed by atoms with E-state index in [2.05, 4.69) is 27.0 Å². The van der Waals surface area contributed by atoms with Crippen LogP contribution in [0.2, 0.25) is 0 Å². The number of hydrogen-bond donors (Lipinski definition) is 2. The zero-order chi connectivity index (χ0) is 24.2. The number of H-pyrrole nitrogens is 1. The number of methoxy groups -OCH3 is 1. The van der Waals surface area contributed by atoms with Crippen molar-refractivity contribution in [1.82, 2.24) is 9.88 Å². The van der Waals surface area contributed by atoms with Crippen LogP contribution in [0.5, 0.6) is 5.75 Å². The van der Waals surface area contributed by atoms with Crippen molar-refractivity contribution < 1.29 is 23.5 Å². The van der Waals surface area contributed by atoms with Gasteiger partial charge in [0.15, 0.2) is 0 Å². The van der Waals surface area contributed by atoms with Crippen LogP contribution in [0.25, 0.3) is 10.9 Å². The zero-order valence-electron chi connectivity index (χ0n) is 19.6. The van der Waals surface area contributed by atoms with Gasteiger partial charge < -0.3 is 24.7 Å². The number of ether oxygens (including phenoxy) is 2. The number of aromatic nitrogens is 1. The van der Waals surface area contributed by atoms with Gasteiger partial charge in [0.05, 0.1) is 25.9 Å². The van der Waals surface area contributed by atoms with Crippen molar-refractivity contribution >= 4 is 34.2 Å². The van der Waals surface area contributed by atoms with Crippen LogP contribution in [0.1, 0.15) is 24.3 Å². The highest BCUT2D eigenvalue weighted by molar-refractivity contribution is 6.11. The van der Waals surface area contributed by atoms with Crippen molar-refractivity contribution in [3.8, 4) is 5.75 Å². The number of esters is 1. The molecule has 2 N–H and O–H groups in total. The van der Waals surface area contributed by atoms with Crippen molar-refractivity contribution in [2.75, 3.05) is 50.1 Å².